The summed E-state index contributed by atoms with van der Waals surface area (Å²) in [6.45, 7) is 2.09. The number of benzene rings is 1. The van der Waals surface area contributed by atoms with Gasteiger partial charge in [0.1, 0.15) is 5.82 Å². The van der Waals surface area contributed by atoms with Crippen molar-refractivity contribution in [3.63, 3.8) is 0 Å². The molecule has 1 saturated heterocycles. The van der Waals surface area contributed by atoms with Crippen molar-refractivity contribution in [3.8, 4) is 5.69 Å². The second-order valence-corrected chi connectivity index (χ2v) is 7.53. The van der Waals surface area contributed by atoms with Crippen molar-refractivity contribution in [2.45, 2.75) is 19.4 Å². The average Bonchev–Trinajstić information content (AvgIpc) is 3.26. The van der Waals surface area contributed by atoms with Crippen LogP contribution in [0.3, 0.4) is 0 Å². The third kappa shape index (κ3) is 4.18. The van der Waals surface area contributed by atoms with Crippen LogP contribution in [0.2, 0.25) is 5.02 Å². The zero-order chi connectivity index (χ0) is 23.0. The molecule has 1 aromatic heterocycles. The molecule has 1 aliphatic heterocycles. The lowest BCUT2D eigenvalue weighted by atomic mass is 10.2. The maximum Gasteiger partial charge on any atom is 0.340 e. The molecule has 0 N–H and O–H groups in total. The van der Waals surface area contributed by atoms with Gasteiger partial charge in [0.25, 0.3) is 5.91 Å². The number of hydroxylamine groups is 2. The van der Waals surface area contributed by atoms with E-state index in [4.69, 9.17) is 33.4 Å². The predicted octanol–water partition coefficient (Wildman–Crippen LogP) is 1.11. The standard InChI is InChI=1S/C18H18ClFN4O6S/c1-9(14(25)23-5-4-6-29-23)30-15(26)10-7-13(12(20)8-11(10)19)24-16(27)21(2)18(31)22(3)17(24)28/h7-9H,4-6H2,1-3H3. The SMILES string of the molecule is CC(OC(=O)c1cc(-n2c(=O)n(C)c(=S)n(C)c2=O)c(F)cc1Cl)C(=O)N1CCCO1. The van der Waals surface area contributed by atoms with Gasteiger partial charge in [-0.15, -0.1) is 0 Å². The van der Waals surface area contributed by atoms with Gasteiger partial charge in [0.15, 0.2) is 10.9 Å². The molecule has 1 amide bonds. The third-order valence-electron chi connectivity index (χ3n) is 4.66. The minimum atomic E-state index is -1.21. The van der Waals surface area contributed by atoms with Crippen LogP contribution in [0, 0.1) is 10.6 Å². The van der Waals surface area contributed by atoms with Crippen LogP contribution < -0.4 is 11.4 Å². The molecular formula is C18H18ClFN4O6S. The highest BCUT2D eigenvalue weighted by molar-refractivity contribution is 7.71. The summed E-state index contributed by atoms with van der Waals surface area (Å²) in [6.07, 6.45) is -0.549. The lowest BCUT2D eigenvalue weighted by Gasteiger charge is -2.19. The molecule has 0 spiro atoms. The molecule has 0 saturated carbocycles. The van der Waals surface area contributed by atoms with E-state index in [9.17, 15) is 23.6 Å². The fourth-order valence-corrected chi connectivity index (χ4v) is 3.32. The van der Waals surface area contributed by atoms with Gasteiger partial charge in [-0.2, -0.15) is 0 Å². The van der Waals surface area contributed by atoms with Gasteiger partial charge in [-0.05, 0) is 37.7 Å². The van der Waals surface area contributed by atoms with Crippen molar-refractivity contribution in [3.05, 3.63) is 54.3 Å². The van der Waals surface area contributed by atoms with Crippen molar-refractivity contribution >= 4 is 35.7 Å². The molecule has 1 atom stereocenters. The van der Waals surface area contributed by atoms with E-state index >= 15 is 0 Å². The van der Waals surface area contributed by atoms with E-state index < -0.39 is 40.9 Å². The summed E-state index contributed by atoms with van der Waals surface area (Å²) < 4.78 is 22.2. The highest BCUT2D eigenvalue weighted by Crippen LogP contribution is 2.24. The third-order valence-corrected chi connectivity index (χ3v) is 5.52. The van der Waals surface area contributed by atoms with E-state index in [1.165, 1.54) is 21.0 Å². The number of hydrogen-bond acceptors (Lipinski definition) is 7. The first kappa shape index (κ1) is 22.8. The number of hydrogen-bond donors (Lipinski definition) is 0. The largest absolute Gasteiger partial charge is 0.449 e. The zero-order valence-corrected chi connectivity index (χ0v) is 18.3. The Labute approximate surface area is 184 Å². The zero-order valence-electron chi connectivity index (χ0n) is 16.8. The van der Waals surface area contributed by atoms with Crippen LogP contribution in [0.1, 0.15) is 23.7 Å². The van der Waals surface area contributed by atoms with Crippen LogP contribution in [-0.4, -0.2) is 49.9 Å². The Kier molecular flexibility index (Phi) is 6.43. The van der Waals surface area contributed by atoms with Gasteiger partial charge in [-0.1, -0.05) is 11.6 Å². The van der Waals surface area contributed by atoms with Crippen LogP contribution in [0.4, 0.5) is 4.39 Å². The number of esters is 1. The summed E-state index contributed by atoms with van der Waals surface area (Å²) in [6, 6.07) is 1.69. The van der Waals surface area contributed by atoms with E-state index in [1.807, 2.05) is 0 Å². The Morgan fingerprint density at radius 2 is 1.84 bits per heavy atom. The minimum absolute atomic E-state index is 0.0725. The number of carbonyl (C=O) groups excluding carboxylic acids is 2. The molecule has 1 aromatic carbocycles. The number of aromatic nitrogens is 3. The molecule has 2 aromatic rings. The van der Waals surface area contributed by atoms with Crippen LogP contribution in [0.25, 0.3) is 5.69 Å². The monoisotopic (exact) mass is 472 g/mol. The van der Waals surface area contributed by atoms with Gasteiger partial charge < -0.3 is 4.74 Å². The molecular weight excluding hydrogens is 455 g/mol. The highest BCUT2D eigenvalue weighted by atomic mass is 35.5. The minimum Gasteiger partial charge on any atom is -0.449 e. The fraction of sp³-hybridized carbons (Fsp3) is 0.389. The molecule has 0 bridgehead atoms. The quantitative estimate of drug-likeness (QED) is 0.485. The van der Waals surface area contributed by atoms with Crippen LogP contribution in [0.5, 0.6) is 0 Å². The lowest BCUT2D eigenvalue weighted by Crippen LogP contribution is -2.44. The Bertz CT molecular complexity index is 1210. The summed E-state index contributed by atoms with van der Waals surface area (Å²) in [5.41, 5.74) is -2.68. The first-order valence-electron chi connectivity index (χ1n) is 9.08. The van der Waals surface area contributed by atoms with E-state index in [-0.39, 0.29) is 15.4 Å². The molecule has 0 radical (unpaired) electrons. The topological polar surface area (TPSA) is 105 Å². The molecule has 2 heterocycles. The number of rotatable bonds is 4. The molecule has 0 aliphatic carbocycles. The van der Waals surface area contributed by atoms with Gasteiger partial charge in [-0.3, -0.25) is 18.8 Å². The molecule has 10 nitrogen and oxygen atoms in total. The Morgan fingerprint density at radius 3 is 2.39 bits per heavy atom. The number of ether oxygens (including phenoxy) is 1. The average molecular weight is 473 g/mol. The van der Waals surface area contributed by atoms with E-state index in [1.54, 1.807) is 0 Å². The fourth-order valence-electron chi connectivity index (χ4n) is 2.94. The molecule has 1 aliphatic rings. The smallest absolute Gasteiger partial charge is 0.340 e. The predicted molar refractivity (Wildman–Crippen MR) is 109 cm³/mol. The Morgan fingerprint density at radius 1 is 1.23 bits per heavy atom. The maximum atomic E-state index is 14.6. The van der Waals surface area contributed by atoms with Crippen LogP contribution >= 0.6 is 23.8 Å². The summed E-state index contributed by atoms with van der Waals surface area (Å²) in [5, 5.41) is 0.771. The molecule has 1 unspecified atom stereocenters. The molecule has 3 rings (SSSR count). The van der Waals surface area contributed by atoms with E-state index in [2.05, 4.69) is 0 Å². The van der Waals surface area contributed by atoms with Gasteiger partial charge in [0, 0.05) is 14.1 Å². The molecule has 31 heavy (non-hydrogen) atoms. The summed E-state index contributed by atoms with van der Waals surface area (Å²) in [7, 11) is 2.63. The van der Waals surface area contributed by atoms with Crippen molar-refractivity contribution in [1.29, 1.82) is 0 Å². The number of halogens is 2. The van der Waals surface area contributed by atoms with Crippen LogP contribution in [0.15, 0.2) is 21.7 Å². The normalized spacial score (nSPS) is 14.5. The second kappa shape index (κ2) is 8.73. The summed E-state index contributed by atoms with van der Waals surface area (Å²) in [5.74, 6) is -2.63. The second-order valence-electron chi connectivity index (χ2n) is 6.76. The molecule has 166 valence electrons. The number of amides is 1. The summed E-state index contributed by atoms with van der Waals surface area (Å²) >= 11 is 11.0. The first-order valence-corrected chi connectivity index (χ1v) is 9.87. The van der Waals surface area contributed by atoms with Gasteiger partial charge in [0.2, 0.25) is 0 Å². The van der Waals surface area contributed by atoms with E-state index in [0.717, 1.165) is 26.3 Å². The van der Waals surface area contributed by atoms with Crippen molar-refractivity contribution in [2.75, 3.05) is 13.2 Å². The number of carbonyl (C=O) groups is 2. The van der Waals surface area contributed by atoms with E-state index in [0.29, 0.717) is 24.1 Å². The van der Waals surface area contributed by atoms with Gasteiger partial charge in [0.05, 0.1) is 29.4 Å². The molecule has 13 heteroatoms. The lowest BCUT2D eigenvalue weighted by molar-refractivity contribution is -0.177. The van der Waals surface area contributed by atoms with Crippen LogP contribution in [-0.2, 0) is 28.5 Å². The summed E-state index contributed by atoms with van der Waals surface area (Å²) in [4.78, 5) is 55.1. The van der Waals surface area contributed by atoms with Gasteiger partial charge >= 0.3 is 17.3 Å². The Balaban J connectivity index is 2.02. The highest BCUT2D eigenvalue weighted by Gasteiger charge is 2.29. The maximum absolute atomic E-state index is 14.6. The van der Waals surface area contributed by atoms with Crippen molar-refractivity contribution < 1.29 is 23.6 Å². The first-order chi connectivity index (χ1) is 14.5. The Hall–Kier alpha value is -2.83. The van der Waals surface area contributed by atoms with Gasteiger partial charge in [-0.25, -0.2) is 28.4 Å². The van der Waals surface area contributed by atoms with Crippen molar-refractivity contribution in [2.24, 2.45) is 14.1 Å². The van der Waals surface area contributed by atoms with Crippen molar-refractivity contribution in [1.82, 2.24) is 18.8 Å². The number of nitrogens with zero attached hydrogens (tertiary/aromatic N) is 4. The molecule has 1 fully saturated rings.